The van der Waals surface area contributed by atoms with Gasteiger partial charge in [-0.15, -0.1) is 0 Å². The standard InChI is InChI=1S/C15H17N3O3/c1-3-17-9-10-18(14(20)13(17)19)15(21)16-11(2)12-7-5-4-6-8-12/h4-8H,2-3,9-10H2,1H3,(H,16,21). The molecule has 1 aromatic rings. The maximum absolute atomic E-state index is 12.1. The topological polar surface area (TPSA) is 69.7 Å². The zero-order chi connectivity index (χ0) is 15.4. The molecule has 1 N–H and O–H groups in total. The van der Waals surface area contributed by atoms with Crippen LogP contribution in [0.15, 0.2) is 36.9 Å². The molecule has 6 heteroatoms. The summed E-state index contributed by atoms with van der Waals surface area (Å²) in [6.07, 6.45) is 0. The number of rotatable bonds is 3. The van der Waals surface area contributed by atoms with Gasteiger partial charge in [0.15, 0.2) is 0 Å². The highest BCUT2D eigenvalue weighted by molar-refractivity contribution is 6.38. The van der Waals surface area contributed by atoms with E-state index in [9.17, 15) is 14.4 Å². The third-order valence-corrected chi connectivity index (χ3v) is 3.32. The molecule has 0 bridgehead atoms. The van der Waals surface area contributed by atoms with E-state index in [1.165, 1.54) is 4.90 Å². The summed E-state index contributed by atoms with van der Waals surface area (Å²) in [7, 11) is 0. The van der Waals surface area contributed by atoms with Crippen molar-refractivity contribution in [1.82, 2.24) is 15.1 Å². The maximum atomic E-state index is 12.1. The fourth-order valence-electron chi connectivity index (χ4n) is 2.08. The van der Waals surface area contributed by atoms with Gasteiger partial charge in [-0.1, -0.05) is 36.9 Å². The van der Waals surface area contributed by atoms with Crippen molar-refractivity contribution in [3.8, 4) is 0 Å². The van der Waals surface area contributed by atoms with Gasteiger partial charge in [-0.2, -0.15) is 0 Å². The molecular weight excluding hydrogens is 270 g/mol. The molecule has 110 valence electrons. The minimum atomic E-state index is -0.804. The fraction of sp³-hybridized carbons (Fsp3) is 0.267. The van der Waals surface area contributed by atoms with E-state index in [4.69, 9.17) is 0 Å². The van der Waals surface area contributed by atoms with E-state index in [-0.39, 0.29) is 6.54 Å². The molecule has 0 radical (unpaired) electrons. The molecule has 1 aliphatic heterocycles. The number of hydrogen-bond donors (Lipinski definition) is 1. The van der Waals surface area contributed by atoms with Gasteiger partial charge >= 0.3 is 17.8 Å². The molecule has 21 heavy (non-hydrogen) atoms. The summed E-state index contributed by atoms with van der Waals surface area (Å²) in [5.41, 5.74) is 1.13. The minimum absolute atomic E-state index is 0.187. The van der Waals surface area contributed by atoms with Crippen LogP contribution in [-0.4, -0.2) is 47.3 Å². The largest absolute Gasteiger partial charge is 0.333 e. The summed E-state index contributed by atoms with van der Waals surface area (Å²) < 4.78 is 0. The Balaban J connectivity index is 2.03. The SMILES string of the molecule is C=C(NC(=O)N1CCN(CC)C(=O)C1=O)c1ccccc1. The van der Waals surface area contributed by atoms with Gasteiger partial charge in [-0.3, -0.25) is 14.5 Å². The molecule has 0 aromatic heterocycles. The van der Waals surface area contributed by atoms with Gasteiger partial charge in [-0.05, 0) is 12.5 Å². The van der Waals surface area contributed by atoms with Crippen LogP contribution in [0.2, 0.25) is 0 Å². The van der Waals surface area contributed by atoms with E-state index in [0.717, 1.165) is 10.5 Å². The third kappa shape index (κ3) is 3.10. The summed E-state index contributed by atoms with van der Waals surface area (Å²) in [6, 6.07) is 8.46. The Kier molecular flexibility index (Phi) is 4.37. The van der Waals surface area contributed by atoms with Crippen LogP contribution in [0.25, 0.3) is 5.70 Å². The number of amides is 4. The molecule has 1 aliphatic rings. The first-order chi connectivity index (χ1) is 10.0. The van der Waals surface area contributed by atoms with Gasteiger partial charge in [0.1, 0.15) is 0 Å². The van der Waals surface area contributed by atoms with Crippen LogP contribution in [0.5, 0.6) is 0 Å². The Morgan fingerprint density at radius 3 is 2.48 bits per heavy atom. The van der Waals surface area contributed by atoms with Gasteiger partial charge in [0, 0.05) is 25.3 Å². The van der Waals surface area contributed by atoms with E-state index in [1.54, 1.807) is 19.1 Å². The Hall–Kier alpha value is -2.63. The molecule has 0 saturated carbocycles. The third-order valence-electron chi connectivity index (χ3n) is 3.32. The zero-order valence-corrected chi connectivity index (χ0v) is 11.8. The Labute approximate surface area is 123 Å². The van der Waals surface area contributed by atoms with Crippen molar-refractivity contribution in [2.24, 2.45) is 0 Å². The van der Waals surface area contributed by atoms with Crippen LogP contribution in [0.1, 0.15) is 12.5 Å². The lowest BCUT2D eigenvalue weighted by molar-refractivity contribution is -0.153. The highest BCUT2D eigenvalue weighted by Crippen LogP contribution is 2.10. The minimum Gasteiger partial charge on any atom is -0.333 e. The zero-order valence-electron chi connectivity index (χ0n) is 11.8. The van der Waals surface area contributed by atoms with Gasteiger partial charge in [-0.25, -0.2) is 4.79 Å². The lowest BCUT2D eigenvalue weighted by Crippen LogP contribution is -2.57. The van der Waals surface area contributed by atoms with Gasteiger partial charge in [0.25, 0.3) is 0 Å². The Morgan fingerprint density at radius 2 is 1.86 bits per heavy atom. The predicted octanol–water partition coefficient (Wildman–Crippen LogP) is 1.06. The van der Waals surface area contributed by atoms with Gasteiger partial charge < -0.3 is 10.2 Å². The summed E-state index contributed by atoms with van der Waals surface area (Å²) >= 11 is 0. The van der Waals surface area contributed by atoms with E-state index in [0.29, 0.717) is 18.8 Å². The van der Waals surface area contributed by atoms with Crippen molar-refractivity contribution in [2.75, 3.05) is 19.6 Å². The van der Waals surface area contributed by atoms with Crippen molar-refractivity contribution in [2.45, 2.75) is 6.92 Å². The van der Waals surface area contributed by atoms with Crippen molar-refractivity contribution >= 4 is 23.5 Å². The van der Waals surface area contributed by atoms with Crippen LogP contribution in [-0.2, 0) is 9.59 Å². The normalized spacial score (nSPS) is 15.1. The highest BCUT2D eigenvalue weighted by Gasteiger charge is 2.35. The average Bonchev–Trinajstić information content (AvgIpc) is 2.50. The van der Waals surface area contributed by atoms with Crippen molar-refractivity contribution in [3.63, 3.8) is 0 Å². The van der Waals surface area contributed by atoms with E-state index < -0.39 is 17.8 Å². The molecule has 6 nitrogen and oxygen atoms in total. The number of urea groups is 1. The fourth-order valence-corrected chi connectivity index (χ4v) is 2.08. The van der Waals surface area contributed by atoms with Crippen LogP contribution in [0, 0.1) is 0 Å². The number of nitrogens with zero attached hydrogens (tertiary/aromatic N) is 2. The van der Waals surface area contributed by atoms with Crippen LogP contribution < -0.4 is 5.32 Å². The smallest absolute Gasteiger partial charge is 0.329 e. The molecule has 0 atom stereocenters. The number of hydrogen-bond acceptors (Lipinski definition) is 3. The first-order valence-electron chi connectivity index (χ1n) is 6.70. The quantitative estimate of drug-likeness (QED) is 0.845. The Bertz CT molecular complexity index is 583. The van der Waals surface area contributed by atoms with E-state index in [1.807, 2.05) is 18.2 Å². The number of nitrogens with one attached hydrogen (secondary N) is 1. The van der Waals surface area contributed by atoms with Crippen LogP contribution in [0.4, 0.5) is 4.79 Å². The maximum Gasteiger partial charge on any atom is 0.329 e. The molecule has 1 heterocycles. The molecule has 1 fully saturated rings. The molecular formula is C15H17N3O3. The molecule has 0 aliphatic carbocycles. The van der Waals surface area contributed by atoms with Crippen LogP contribution >= 0.6 is 0 Å². The molecule has 2 rings (SSSR count). The van der Waals surface area contributed by atoms with Crippen molar-refractivity contribution in [1.29, 1.82) is 0 Å². The van der Waals surface area contributed by atoms with Gasteiger partial charge in [0.2, 0.25) is 0 Å². The number of piperazine rings is 1. The highest BCUT2D eigenvalue weighted by atomic mass is 16.2. The molecule has 1 aromatic carbocycles. The first kappa shape index (κ1) is 14.8. The van der Waals surface area contributed by atoms with Crippen molar-refractivity contribution in [3.05, 3.63) is 42.5 Å². The Morgan fingerprint density at radius 1 is 1.19 bits per heavy atom. The van der Waals surface area contributed by atoms with Crippen molar-refractivity contribution < 1.29 is 14.4 Å². The number of likely N-dealkylation sites (N-methyl/N-ethyl adjacent to an activating group) is 1. The molecule has 4 amide bonds. The summed E-state index contributed by atoms with van der Waals surface area (Å²) in [5, 5.41) is 2.55. The van der Waals surface area contributed by atoms with Crippen LogP contribution in [0.3, 0.4) is 0 Å². The number of imide groups is 1. The number of benzene rings is 1. The predicted molar refractivity (Wildman–Crippen MR) is 78.0 cm³/mol. The second kappa shape index (κ2) is 6.21. The van der Waals surface area contributed by atoms with E-state index in [2.05, 4.69) is 11.9 Å². The first-order valence-corrected chi connectivity index (χ1v) is 6.70. The van der Waals surface area contributed by atoms with E-state index >= 15 is 0 Å². The lowest BCUT2D eigenvalue weighted by Gasteiger charge is -2.31. The average molecular weight is 287 g/mol. The molecule has 0 unspecified atom stereocenters. The summed E-state index contributed by atoms with van der Waals surface area (Å²) in [4.78, 5) is 38.1. The van der Waals surface area contributed by atoms with Gasteiger partial charge in [0.05, 0.1) is 0 Å². The molecule has 1 saturated heterocycles. The summed E-state index contributed by atoms with van der Waals surface area (Å²) in [6.45, 7) is 6.55. The lowest BCUT2D eigenvalue weighted by atomic mass is 10.2. The number of carbonyl (C=O) groups is 3. The summed E-state index contributed by atoms with van der Waals surface area (Å²) in [5.74, 6) is -1.45. The number of carbonyl (C=O) groups excluding carboxylic acids is 3. The second-order valence-electron chi connectivity index (χ2n) is 4.62. The molecule has 0 spiro atoms. The second-order valence-corrected chi connectivity index (χ2v) is 4.62. The monoisotopic (exact) mass is 287 g/mol.